The van der Waals surface area contributed by atoms with Crippen molar-refractivity contribution in [3.63, 3.8) is 0 Å². The Bertz CT molecular complexity index is 1120. The molecule has 1 aromatic heterocycles. The molecule has 0 unspecified atom stereocenters. The van der Waals surface area contributed by atoms with Gasteiger partial charge in [0.15, 0.2) is 11.5 Å². The van der Waals surface area contributed by atoms with Gasteiger partial charge in [0, 0.05) is 17.7 Å². The van der Waals surface area contributed by atoms with E-state index in [9.17, 15) is 22.8 Å². The third kappa shape index (κ3) is 6.91. The van der Waals surface area contributed by atoms with Crippen LogP contribution in [0.3, 0.4) is 0 Å². The Balaban J connectivity index is 1.57. The Kier molecular flexibility index (Phi) is 8.31. The van der Waals surface area contributed by atoms with E-state index in [-0.39, 0.29) is 18.6 Å². The maximum atomic E-state index is 12.7. The number of benzene rings is 2. The smallest absolute Gasteiger partial charge is 0.293 e. The highest BCUT2D eigenvalue weighted by atomic mass is 79.9. The van der Waals surface area contributed by atoms with E-state index < -0.39 is 17.7 Å². The molecule has 0 amide bonds. The molecular formula is C24H20BrF3O4S. The Morgan fingerprint density at radius 1 is 1.00 bits per heavy atom. The summed E-state index contributed by atoms with van der Waals surface area (Å²) in [5, 5.41) is 0. The number of halogens is 4. The van der Waals surface area contributed by atoms with Gasteiger partial charge in [-0.2, -0.15) is 13.2 Å². The molecule has 3 aromatic rings. The van der Waals surface area contributed by atoms with E-state index in [2.05, 4.69) is 15.9 Å². The summed E-state index contributed by atoms with van der Waals surface area (Å²) in [4.78, 5) is 35.1. The van der Waals surface area contributed by atoms with E-state index in [1.165, 1.54) is 23.5 Å². The van der Waals surface area contributed by atoms with E-state index in [4.69, 9.17) is 9.78 Å². The number of carbonyl (C=O) groups excluding carboxylic acids is 2. The standard InChI is InChI=1S/C24H20BrF3O4S/c1-2-3-23(30)32-31-20-11-5-15(14-18(20)25)4-10-19(29)22-13-12-21(33-22)16-6-8-17(9-7-16)24(26,27)28/h5-9,11-14H,2-4,10H2,1H3. The highest BCUT2D eigenvalue weighted by Gasteiger charge is 2.30. The number of thiophene rings is 1. The zero-order valence-electron chi connectivity index (χ0n) is 17.6. The number of rotatable bonds is 9. The monoisotopic (exact) mass is 540 g/mol. The summed E-state index contributed by atoms with van der Waals surface area (Å²) in [6.45, 7) is 1.86. The fourth-order valence-electron chi connectivity index (χ4n) is 2.95. The number of ketones is 1. The molecule has 0 bridgehead atoms. The van der Waals surface area contributed by atoms with Gasteiger partial charge in [0.05, 0.1) is 14.9 Å². The molecule has 0 saturated heterocycles. The first-order valence-corrected chi connectivity index (χ1v) is 11.7. The molecule has 2 aromatic carbocycles. The highest BCUT2D eigenvalue weighted by Crippen LogP contribution is 2.34. The number of alkyl halides is 3. The van der Waals surface area contributed by atoms with Gasteiger partial charge in [-0.25, -0.2) is 4.79 Å². The van der Waals surface area contributed by atoms with E-state index in [1.807, 2.05) is 6.92 Å². The predicted octanol–water partition coefficient (Wildman–Crippen LogP) is 7.65. The van der Waals surface area contributed by atoms with E-state index in [0.29, 0.717) is 33.5 Å². The van der Waals surface area contributed by atoms with Crippen molar-refractivity contribution in [2.75, 3.05) is 0 Å². The molecule has 0 atom stereocenters. The van der Waals surface area contributed by atoms with Crippen molar-refractivity contribution in [3.05, 3.63) is 75.1 Å². The summed E-state index contributed by atoms with van der Waals surface area (Å²) in [5.74, 6) is -0.150. The fourth-order valence-corrected chi connectivity index (χ4v) is 4.42. The average molecular weight is 541 g/mol. The van der Waals surface area contributed by atoms with Gasteiger partial charge in [-0.1, -0.05) is 25.1 Å². The Hall–Kier alpha value is -2.65. The molecule has 0 aliphatic heterocycles. The van der Waals surface area contributed by atoms with Crippen LogP contribution < -0.4 is 4.89 Å². The molecule has 4 nitrogen and oxygen atoms in total. The summed E-state index contributed by atoms with van der Waals surface area (Å²) in [5.41, 5.74) is 0.814. The van der Waals surface area contributed by atoms with Crippen molar-refractivity contribution >= 4 is 39.0 Å². The number of Topliss-reactive ketones (excluding diaryl/α,β-unsaturated/α-hetero) is 1. The lowest BCUT2D eigenvalue weighted by molar-refractivity contribution is -0.214. The molecule has 9 heteroatoms. The lowest BCUT2D eigenvalue weighted by Crippen LogP contribution is -2.07. The maximum absolute atomic E-state index is 12.7. The first kappa shape index (κ1) is 25.0. The molecule has 0 fully saturated rings. The Morgan fingerprint density at radius 3 is 2.36 bits per heavy atom. The van der Waals surface area contributed by atoms with Gasteiger partial charge in [0.1, 0.15) is 0 Å². The van der Waals surface area contributed by atoms with Gasteiger partial charge in [-0.05, 0) is 76.3 Å². The minimum Gasteiger partial charge on any atom is -0.293 e. The zero-order valence-corrected chi connectivity index (χ0v) is 20.0. The van der Waals surface area contributed by atoms with Crippen LogP contribution in [0.2, 0.25) is 0 Å². The fraction of sp³-hybridized carbons (Fsp3) is 0.250. The van der Waals surface area contributed by atoms with Crippen LogP contribution in [0, 0.1) is 0 Å². The molecule has 0 N–H and O–H groups in total. The van der Waals surface area contributed by atoms with Crippen LogP contribution in [0.25, 0.3) is 10.4 Å². The number of hydrogen-bond acceptors (Lipinski definition) is 5. The van der Waals surface area contributed by atoms with Gasteiger partial charge in [0.2, 0.25) is 0 Å². The molecule has 0 aliphatic rings. The van der Waals surface area contributed by atoms with Crippen LogP contribution in [0.1, 0.15) is 47.0 Å². The van der Waals surface area contributed by atoms with Crippen LogP contribution in [0.4, 0.5) is 13.2 Å². The van der Waals surface area contributed by atoms with Crippen LogP contribution in [0.5, 0.6) is 5.75 Å². The van der Waals surface area contributed by atoms with E-state index in [1.54, 1.807) is 30.3 Å². The number of aryl methyl sites for hydroxylation is 1. The van der Waals surface area contributed by atoms with E-state index in [0.717, 1.165) is 22.6 Å². The topological polar surface area (TPSA) is 52.6 Å². The number of carbonyl (C=O) groups is 2. The van der Waals surface area contributed by atoms with E-state index >= 15 is 0 Å². The largest absolute Gasteiger partial charge is 0.416 e. The lowest BCUT2D eigenvalue weighted by atomic mass is 10.1. The predicted molar refractivity (Wildman–Crippen MR) is 123 cm³/mol. The average Bonchev–Trinajstić information content (AvgIpc) is 3.27. The third-order valence-electron chi connectivity index (χ3n) is 4.69. The second-order valence-electron chi connectivity index (χ2n) is 7.22. The van der Waals surface area contributed by atoms with Crippen LogP contribution in [0.15, 0.2) is 59.1 Å². The maximum Gasteiger partial charge on any atom is 0.416 e. The second-order valence-corrected chi connectivity index (χ2v) is 9.15. The van der Waals surface area contributed by atoms with Crippen molar-refractivity contribution in [1.29, 1.82) is 0 Å². The van der Waals surface area contributed by atoms with Gasteiger partial charge in [-0.15, -0.1) is 11.3 Å². The van der Waals surface area contributed by atoms with Crippen LogP contribution in [-0.4, -0.2) is 11.8 Å². The Labute approximate surface area is 201 Å². The molecule has 0 saturated carbocycles. The van der Waals surface area contributed by atoms with Crippen molar-refractivity contribution in [3.8, 4) is 16.2 Å². The third-order valence-corrected chi connectivity index (χ3v) is 6.49. The second kappa shape index (κ2) is 11.0. The minimum atomic E-state index is -4.38. The van der Waals surface area contributed by atoms with Gasteiger partial charge < -0.3 is 0 Å². The number of hydrogen-bond donors (Lipinski definition) is 0. The Morgan fingerprint density at radius 2 is 1.73 bits per heavy atom. The summed E-state index contributed by atoms with van der Waals surface area (Å²) in [7, 11) is 0. The normalized spacial score (nSPS) is 11.3. The molecule has 0 aliphatic carbocycles. The quantitative estimate of drug-likeness (QED) is 0.159. The summed E-state index contributed by atoms with van der Waals surface area (Å²) >= 11 is 4.62. The molecule has 1 heterocycles. The van der Waals surface area contributed by atoms with Crippen molar-refractivity contribution in [2.45, 2.75) is 38.8 Å². The summed E-state index contributed by atoms with van der Waals surface area (Å²) in [6, 6.07) is 13.5. The summed E-state index contributed by atoms with van der Waals surface area (Å²) < 4.78 is 38.8. The van der Waals surface area contributed by atoms with Gasteiger partial charge in [-0.3, -0.25) is 14.6 Å². The first-order valence-electron chi connectivity index (χ1n) is 10.1. The molecule has 3 rings (SSSR count). The SMILES string of the molecule is CCCC(=O)OOc1ccc(CCC(=O)c2ccc(-c3ccc(C(F)(F)F)cc3)s2)cc1Br. The zero-order chi connectivity index (χ0) is 24.0. The molecular weight excluding hydrogens is 521 g/mol. The molecule has 0 radical (unpaired) electrons. The van der Waals surface area contributed by atoms with Gasteiger partial charge in [0.25, 0.3) is 0 Å². The summed E-state index contributed by atoms with van der Waals surface area (Å²) in [6.07, 6.45) is -2.70. The first-order chi connectivity index (χ1) is 15.7. The minimum absolute atomic E-state index is 0.0527. The van der Waals surface area contributed by atoms with Crippen molar-refractivity contribution in [2.24, 2.45) is 0 Å². The van der Waals surface area contributed by atoms with Crippen LogP contribution >= 0.6 is 27.3 Å². The molecule has 33 heavy (non-hydrogen) atoms. The van der Waals surface area contributed by atoms with Crippen LogP contribution in [-0.2, 0) is 22.3 Å². The van der Waals surface area contributed by atoms with Gasteiger partial charge >= 0.3 is 12.1 Å². The van der Waals surface area contributed by atoms with Crippen molar-refractivity contribution in [1.82, 2.24) is 0 Å². The molecule has 174 valence electrons. The highest BCUT2D eigenvalue weighted by molar-refractivity contribution is 9.10. The molecule has 0 spiro atoms. The van der Waals surface area contributed by atoms with Crippen molar-refractivity contribution < 1.29 is 32.5 Å². The lowest BCUT2D eigenvalue weighted by Gasteiger charge is -2.08.